The summed E-state index contributed by atoms with van der Waals surface area (Å²) in [5, 5.41) is 18.0. The van der Waals surface area contributed by atoms with Crippen molar-refractivity contribution in [2.24, 2.45) is 5.73 Å². The molecule has 0 aromatic heterocycles. The van der Waals surface area contributed by atoms with Crippen LogP contribution in [0.3, 0.4) is 0 Å². The molecule has 2 aliphatic carbocycles. The van der Waals surface area contributed by atoms with Gasteiger partial charge in [-0.2, -0.15) is 26.3 Å². The van der Waals surface area contributed by atoms with E-state index in [0.29, 0.717) is 5.41 Å². The van der Waals surface area contributed by atoms with E-state index < -0.39 is 24.3 Å². The largest absolute Gasteiger partial charge is 0.490 e. The third kappa shape index (κ3) is 8.30. The maximum absolute atomic E-state index is 10.6. The van der Waals surface area contributed by atoms with Gasteiger partial charge in [-0.05, 0) is 62.7 Å². The second-order valence-electron chi connectivity index (χ2n) is 7.48. The maximum Gasteiger partial charge on any atom is 0.490 e. The van der Waals surface area contributed by atoms with Crippen LogP contribution in [0.15, 0.2) is 24.3 Å². The second-order valence-corrected chi connectivity index (χ2v) is 7.48. The van der Waals surface area contributed by atoms with Gasteiger partial charge in [-0.1, -0.05) is 24.3 Å². The molecule has 32 heavy (non-hydrogen) atoms. The highest BCUT2D eigenvalue weighted by molar-refractivity contribution is 5.73. The van der Waals surface area contributed by atoms with Gasteiger partial charge in [0.2, 0.25) is 0 Å². The summed E-state index contributed by atoms with van der Waals surface area (Å²) in [6.07, 6.45) is -2.46. The number of benzene rings is 1. The molecule has 12 heteroatoms. The topological polar surface area (TPSA) is 113 Å². The molecule has 182 valence electrons. The quantitative estimate of drug-likeness (QED) is 0.385. The van der Waals surface area contributed by atoms with Crippen LogP contribution in [0, 0.1) is 0 Å². The Balaban J connectivity index is 0.000000305. The fourth-order valence-electron chi connectivity index (χ4n) is 3.65. The number of carboxylic acid groups (broad SMARTS) is 2. The summed E-state index contributed by atoms with van der Waals surface area (Å²) in [6, 6.07) is 9.78. The molecule has 2 atom stereocenters. The summed E-state index contributed by atoms with van der Waals surface area (Å²) in [7, 11) is 0. The van der Waals surface area contributed by atoms with E-state index in [1.54, 1.807) is 11.1 Å². The number of hydrogen-bond donors (Lipinski definition) is 4. The van der Waals surface area contributed by atoms with Crippen LogP contribution >= 0.6 is 0 Å². The Hall–Kier alpha value is -2.34. The molecule has 1 spiro atoms. The lowest BCUT2D eigenvalue weighted by molar-refractivity contribution is -0.193. The first-order chi connectivity index (χ1) is 14.8. The Morgan fingerprint density at radius 2 is 1.56 bits per heavy atom. The van der Waals surface area contributed by atoms with E-state index in [9.17, 15) is 26.3 Å². The number of aryl methyl sites for hydroxylation is 1. The highest BCUT2D eigenvalue weighted by Crippen LogP contribution is 2.55. The van der Waals surface area contributed by atoms with Crippen LogP contribution in [0.5, 0.6) is 0 Å². The van der Waals surface area contributed by atoms with E-state index in [0.717, 1.165) is 25.6 Å². The van der Waals surface area contributed by atoms with Gasteiger partial charge in [-0.25, -0.2) is 9.59 Å². The molecular weight excluding hydrogens is 446 g/mol. The maximum atomic E-state index is 10.6. The SMILES string of the molecule is NCCCCNC1CC12CCCc1ccccc12.O=C(O)C(F)(F)F.O=C(O)C(F)(F)F. The zero-order valence-electron chi connectivity index (χ0n) is 17.1. The Labute approximate surface area is 180 Å². The van der Waals surface area contributed by atoms with Crippen LogP contribution < -0.4 is 11.1 Å². The number of fused-ring (bicyclic) bond motifs is 2. The van der Waals surface area contributed by atoms with Crippen LogP contribution in [0.4, 0.5) is 26.3 Å². The molecule has 0 radical (unpaired) electrons. The Morgan fingerprint density at radius 1 is 1.03 bits per heavy atom. The van der Waals surface area contributed by atoms with Gasteiger partial charge in [0.15, 0.2) is 0 Å². The van der Waals surface area contributed by atoms with E-state index in [1.807, 2.05) is 0 Å². The summed E-state index contributed by atoms with van der Waals surface area (Å²) < 4.78 is 63.5. The monoisotopic (exact) mass is 472 g/mol. The number of nitrogens with one attached hydrogen (secondary N) is 1. The first kappa shape index (κ1) is 27.7. The summed E-state index contributed by atoms with van der Waals surface area (Å²) in [5.74, 6) is -5.51. The molecule has 1 fully saturated rings. The lowest BCUT2D eigenvalue weighted by Crippen LogP contribution is -2.29. The van der Waals surface area contributed by atoms with E-state index in [4.69, 9.17) is 25.5 Å². The number of unbranched alkanes of at least 4 members (excludes halogenated alkanes) is 1. The van der Waals surface area contributed by atoms with Crippen molar-refractivity contribution in [1.82, 2.24) is 5.32 Å². The molecule has 0 heterocycles. The Morgan fingerprint density at radius 3 is 2.06 bits per heavy atom. The van der Waals surface area contributed by atoms with Gasteiger partial charge in [0.05, 0.1) is 0 Å². The first-order valence-electron chi connectivity index (χ1n) is 9.87. The van der Waals surface area contributed by atoms with Crippen LogP contribution in [0.2, 0.25) is 0 Å². The van der Waals surface area contributed by atoms with Crippen molar-refractivity contribution in [2.45, 2.75) is 62.3 Å². The zero-order valence-corrected chi connectivity index (χ0v) is 17.1. The Kier molecular flexibility index (Phi) is 9.96. The number of halogens is 6. The van der Waals surface area contributed by atoms with Gasteiger partial charge in [-0.3, -0.25) is 0 Å². The molecule has 0 saturated heterocycles. The van der Waals surface area contributed by atoms with Crippen LogP contribution in [-0.4, -0.2) is 53.6 Å². The van der Waals surface area contributed by atoms with Gasteiger partial charge < -0.3 is 21.3 Å². The number of nitrogens with two attached hydrogens (primary N) is 1. The molecule has 5 N–H and O–H groups in total. The number of carbonyl (C=O) groups is 2. The highest BCUT2D eigenvalue weighted by atomic mass is 19.4. The van der Waals surface area contributed by atoms with Crippen molar-refractivity contribution in [1.29, 1.82) is 0 Å². The van der Waals surface area contributed by atoms with Crippen LogP contribution in [0.25, 0.3) is 0 Å². The summed E-state index contributed by atoms with van der Waals surface area (Å²) in [6.45, 7) is 1.95. The van der Waals surface area contributed by atoms with Gasteiger partial charge in [-0.15, -0.1) is 0 Å². The standard InChI is InChI=1S/C16H24N2.2C2HF3O2/c17-10-3-4-11-18-15-12-16(15)9-5-7-13-6-1-2-8-14(13)16;2*3-2(4,5)1(6)7/h1-2,6,8,15,18H,3-5,7,9-12,17H2;2*(H,6,7). The van der Waals surface area contributed by atoms with E-state index in [1.165, 1.54) is 32.1 Å². The number of alkyl halides is 6. The molecule has 2 unspecified atom stereocenters. The summed E-state index contributed by atoms with van der Waals surface area (Å²) in [5.41, 5.74) is 9.24. The van der Waals surface area contributed by atoms with Crippen molar-refractivity contribution in [3.8, 4) is 0 Å². The molecule has 1 saturated carbocycles. The smallest absolute Gasteiger partial charge is 0.475 e. The van der Waals surface area contributed by atoms with Gasteiger partial charge in [0.25, 0.3) is 0 Å². The molecule has 0 amide bonds. The average Bonchev–Trinajstić information content (AvgIpc) is 3.38. The molecule has 1 aromatic carbocycles. The van der Waals surface area contributed by atoms with E-state index >= 15 is 0 Å². The first-order valence-corrected chi connectivity index (χ1v) is 9.87. The predicted molar refractivity (Wildman–Crippen MR) is 103 cm³/mol. The summed E-state index contributed by atoms with van der Waals surface area (Å²) >= 11 is 0. The molecule has 1 aromatic rings. The molecule has 2 aliphatic rings. The number of hydrogen-bond acceptors (Lipinski definition) is 4. The Bertz CT molecular complexity index is 745. The van der Waals surface area contributed by atoms with Gasteiger partial charge in [0.1, 0.15) is 0 Å². The molecule has 0 bridgehead atoms. The zero-order chi connectivity index (χ0) is 24.6. The number of carboxylic acids is 2. The summed E-state index contributed by atoms with van der Waals surface area (Å²) in [4.78, 5) is 17.8. The minimum Gasteiger partial charge on any atom is -0.475 e. The van der Waals surface area contributed by atoms with Crippen molar-refractivity contribution in [2.75, 3.05) is 13.1 Å². The minimum atomic E-state index is -5.08. The van der Waals surface area contributed by atoms with Crippen molar-refractivity contribution < 1.29 is 46.1 Å². The lowest BCUT2D eigenvalue weighted by Gasteiger charge is -2.26. The third-order valence-electron chi connectivity index (χ3n) is 5.20. The molecular formula is C20H26F6N2O4. The normalized spacial score (nSPS) is 21.4. The highest BCUT2D eigenvalue weighted by Gasteiger charge is 2.56. The molecule has 3 rings (SSSR count). The number of rotatable bonds is 5. The number of aliphatic carboxylic acids is 2. The average molecular weight is 472 g/mol. The van der Waals surface area contributed by atoms with Gasteiger partial charge >= 0.3 is 24.3 Å². The van der Waals surface area contributed by atoms with Crippen molar-refractivity contribution >= 4 is 11.9 Å². The second kappa shape index (κ2) is 11.5. The van der Waals surface area contributed by atoms with Crippen LogP contribution in [-0.2, 0) is 21.4 Å². The van der Waals surface area contributed by atoms with Crippen molar-refractivity contribution in [3.63, 3.8) is 0 Å². The van der Waals surface area contributed by atoms with E-state index in [2.05, 4.69) is 29.6 Å². The van der Waals surface area contributed by atoms with Crippen LogP contribution in [0.1, 0.15) is 43.2 Å². The van der Waals surface area contributed by atoms with Crippen molar-refractivity contribution in [3.05, 3.63) is 35.4 Å². The lowest BCUT2D eigenvalue weighted by atomic mass is 9.79. The fourth-order valence-corrected chi connectivity index (χ4v) is 3.65. The third-order valence-corrected chi connectivity index (χ3v) is 5.20. The molecule has 0 aliphatic heterocycles. The van der Waals surface area contributed by atoms with E-state index in [-0.39, 0.29) is 0 Å². The van der Waals surface area contributed by atoms with Gasteiger partial charge in [0, 0.05) is 11.5 Å². The minimum absolute atomic E-state index is 0.484. The molecule has 6 nitrogen and oxygen atoms in total. The fraction of sp³-hybridized carbons (Fsp3) is 0.600. The predicted octanol–water partition coefficient (Wildman–Crippen LogP) is 3.63.